The van der Waals surface area contributed by atoms with Gasteiger partial charge in [-0.05, 0) is 74.0 Å². The van der Waals surface area contributed by atoms with Crippen LogP contribution < -0.4 is 14.8 Å². The molecule has 0 unspecified atom stereocenters. The molecule has 0 radical (unpaired) electrons. The second kappa shape index (κ2) is 19.5. The minimum absolute atomic E-state index is 0.0943. The van der Waals surface area contributed by atoms with Gasteiger partial charge in [0.15, 0.2) is 0 Å². The summed E-state index contributed by atoms with van der Waals surface area (Å²) in [6, 6.07) is 23.8. The molecule has 0 aliphatic rings. The first-order chi connectivity index (χ1) is 16.4. The summed E-state index contributed by atoms with van der Waals surface area (Å²) in [7, 11) is 3.32. The van der Waals surface area contributed by atoms with Crippen LogP contribution in [-0.2, 0) is 4.79 Å². The fourth-order valence-corrected chi connectivity index (χ4v) is 3.12. The van der Waals surface area contributed by atoms with Crippen LogP contribution >= 0.6 is 11.8 Å². The van der Waals surface area contributed by atoms with Crippen molar-refractivity contribution >= 4 is 23.4 Å². The molecule has 0 fully saturated rings. The molecule has 0 saturated carbocycles. The summed E-state index contributed by atoms with van der Waals surface area (Å²) in [5.41, 5.74) is 3.11. The number of hydrogen-bond donors (Lipinski definition) is 1. The van der Waals surface area contributed by atoms with Crippen molar-refractivity contribution in [1.82, 2.24) is 0 Å². The van der Waals surface area contributed by atoms with Crippen LogP contribution in [0.2, 0.25) is 0 Å². The smallest absolute Gasteiger partial charge is 0.224 e. The van der Waals surface area contributed by atoms with E-state index in [4.69, 9.17) is 9.47 Å². The Morgan fingerprint density at radius 1 is 0.853 bits per heavy atom. The van der Waals surface area contributed by atoms with E-state index >= 15 is 0 Å². The fraction of sp³-hybridized carbons (Fsp3) is 0.345. The minimum Gasteiger partial charge on any atom is -0.497 e. The third-order valence-electron chi connectivity index (χ3n) is 4.48. The molecule has 186 valence electrons. The van der Waals surface area contributed by atoms with Crippen LogP contribution in [-0.4, -0.2) is 26.4 Å². The second-order valence-electron chi connectivity index (χ2n) is 6.97. The van der Waals surface area contributed by atoms with E-state index in [-0.39, 0.29) is 5.91 Å². The maximum atomic E-state index is 11.3. The third kappa shape index (κ3) is 12.9. The van der Waals surface area contributed by atoms with E-state index in [9.17, 15) is 4.79 Å². The van der Waals surface area contributed by atoms with Crippen LogP contribution in [0.4, 0.5) is 5.69 Å². The van der Waals surface area contributed by atoms with Gasteiger partial charge in [-0.15, -0.1) is 11.8 Å². The van der Waals surface area contributed by atoms with Crippen molar-refractivity contribution in [3.05, 3.63) is 83.9 Å². The topological polar surface area (TPSA) is 47.6 Å². The van der Waals surface area contributed by atoms with Crippen LogP contribution in [0.5, 0.6) is 11.5 Å². The molecular weight excluding hydrogens is 442 g/mol. The van der Waals surface area contributed by atoms with Crippen LogP contribution in [0.3, 0.4) is 0 Å². The number of ether oxygens (including phenoxy) is 2. The van der Waals surface area contributed by atoms with Gasteiger partial charge in [-0.2, -0.15) is 0 Å². The van der Waals surface area contributed by atoms with E-state index in [2.05, 4.69) is 23.7 Å². The largest absolute Gasteiger partial charge is 0.497 e. The molecule has 0 spiro atoms. The lowest BCUT2D eigenvalue weighted by Gasteiger charge is -2.06. The van der Waals surface area contributed by atoms with Crippen molar-refractivity contribution in [3.63, 3.8) is 0 Å². The first kappa shape index (κ1) is 31.1. The highest BCUT2D eigenvalue weighted by Crippen LogP contribution is 2.22. The van der Waals surface area contributed by atoms with Gasteiger partial charge in [0, 0.05) is 17.0 Å². The summed E-state index contributed by atoms with van der Waals surface area (Å²) in [4.78, 5) is 12.6. The van der Waals surface area contributed by atoms with Crippen molar-refractivity contribution in [2.24, 2.45) is 0 Å². The number of thioether (sulfide) groups is 1. The average Bonchev–Trinajstić information content (AvgIpc) is 2.88. The number of carbonyl (C=O) groups excluding carboxylic acids is 1. The summed E-state index contributed by atoms with van der Waals surface area (Å²) in [5, 5.41) is 2.87. The molecule has 3 aromatic rings. The molecule has 34 heavy (non-hydrogen) atoms. The molecule has 0 aliphatic heterocycles. The van der Waals surface area contributed by atoms with Gasteiger partial charge in [0.25, 0.3) is 0 Å². The standard InChI is InChI=1S/C11H15NO.C9H12O2.C7H8S.C2H6/c1-3-6-11(13)12-10-8-5-4-7-9(10)2;1-7-6-8(10-2)4-5-9(7)11-3;1-8-7-5-3-2-4-6-7;1-2/h4-5,7-8H,3,6H2,1-2H3,(H,12,13);4-6H,1-3H3;2-6H,1H3;1-2H3. The summed E-state index contributed by atoms with van der Waals surface area (Å²) >= 11 is 1.77. The quantitative estimate of drug-likeness (QED) is 0.359. The molecule has 0 aliphatic carbocycles. The Bertz CT molecular complexity index is 930. The first-order valence-electron chi connectivity index (χ1n) is 11.6. The number of carbonyl (C=O) groups is 1. The number of benzene rings is 3. The van der Waals surface area contributed by atoms with Gasteiger partial charge in [-0.3, -0.25) is 4.79 Å². The molecular formula is C29H41NO3S. The Morgan fingerprint density at radius 3 is 1.94 bits per heavy atom. The van der Waals surface area contributed by atoms with E-state index in [1.165, 1.54) is 4.90 Å². The maximum Gasteiger partial charge on any atom is 0.224 e. The zero-order valence-electron chi connectivity index (χ0n) is 22.0. The van der Waals surface area contributed by atoms with Crippen LogP contribution in [0, 0.1) is 13.8 Å². The summed E-state index contributed by atoms with van der Waals surface area (Å²) in [5.74, 6) is 1.85. The Kier molecular flexibility index (Phi) is 17.9. The summed E-state index contributed by atoms with van der Waals surface area (Å²) in [6.45, 7) is 9.97. The third-order valence-corrected chi connectivity index (χ3v) is 5.22. The monoisotopic (exact) mass is 483 g/mol. The highest BCUT2D eigenvalue weighted by atomic mass is 32.2. The number of anilines is 1. The van der Waals surface area contributed by atoms with Gasteiger partial charge in [0.05, 0.1) is 14.2 Å². The van der Waals surface area contributed by atoms with E-state index in [0.717, 1.165) is 34.7 Å². The maximum absolute atomic E-state index is 11.3. The fourth-order valence-electron chi connectivity index (χ4n) is 2.69. The normalized spacial score (nSPS) is 9.06. The van der Waals surface area contributed by atoms with Gasteiger partial charge in [-0.25, -0.2) is 0 Å². The van der Waals surface area contributed by atoms with Gasteiger partial charge in [-0.1, -0.05) is 57.2 Å². The number of rotatable bonds is 6. The number of hydrogen-bond acceptors (Lipinski definition) is 4. The highest BCUT2D eigenvalue weighted by molar-refractivity contribution is 7.98. The molecule has 4 nitrogen and oxygen atoms in total. The number of para-hydroxylation sites is 1. The molecule has 0 bridgehead atoms. The predicted octanol–water partition coefficient (Wildman–Crippen LogP) is 8.18. The Hall–Kier alpha value is -2.92. The molecule has 0 saturated heterocycles. The van der Waals surface area contributed by atoms with E-state index in [1.807, 2.05) is 95.3 Å². The van der Waals surface area contributed by atoms with Crippen LogP contribution in [0.15, 0.2) is 77.7 Å². The zero-order chi connectivity index (χ0) is 25.8. The van der Waals surface area contributed by atoms with Gasteiger partial charge < -0.3 is 14.8 Å². The Morgan fingerprint density at radius 2 is 1.47 bits per heavy atom. The predicted molar refractivity (Wildman–Crippen MR) is 149 cm³/mol. The molecule has 3 rings (SSSR count). The molecule has 0 aromatic heterocycles. The second-order valence-corrected chi connectivity index (χ2v) is 7.85. The van der Waals surface area contributed by atoms with Gasteiger partial charge in [0.2, 0.25) is 5.91 Å². The first-order valence-corrected chi connectivity index (χ1v) is 12.8. The van der Waals surface area contributed by atoms with Crippen molar-refractivity contribution in [2.45, 2.75) is 52.4 Å². The van der Waals surface area contributed by atoms with Crippen molar-refractivity contribution < 1.29 is 14.3 Å². The molecule has 5 heteroatoms. The van der Waals surface area contributed by atoms with Crippen molar-refractivity contribution in [3.8, 4) is 11.5 Å². The molecule has 1 amide bonds. The van der Waals surface area contributed by atoms with Crippen molar-refractivity contribution in [2.75, 3.05) is 25.8 Å². The Labute approximate surface area is 211 Å². The van der Waals surface area contributed by atoms with Crippen LogP contribution in [0.25, 0.3) is 0 Å². The summed E-state index contributed by atoms with van der Waals surface area (Å²) in [6.07, 6.45) is 3.56. The molecule has 1 N–H and O–H groups in total. The lowest BCUT2D eigenvalue weighted by molar-refractivity contribution is -0.116. The molecule has 0 atom stereocenters. The number of nitrogens with one attached hydrogen (secondary N) is 1. The van der Waals surface area contributed by atoms with Crippen molar-refractivity contribution in [1.29, 1.82) is 0 Å². The lowest BCUT2D eigenvalue weighted by Crippen LogP contribution is -2.11. The summed E-state index contributed by atoms with van der Waals surface area (Å²) < 4.78 is 10.1. The van der Waals surface area contributed by atoms with E-state index in [1.54, 1.807) is 26.0 Å². The minimum atomic E-state index is 0.0943. The van der Waals surface area contributed by atoms with Gasteiger partial charge in [0.1, 0.15) is 11.5 Å². The average molecular weight is 484 g/mol. The number of amides is 1. The molecule has 0 heterocycles. The van der Waals surface area contributed by atoms with Gasteiger partial charge >= 0.3 is 0 Å². The lowest BCUT2D eigenvalue weighted by atomic mass is 10.2. The highest BCUT2D eigenvalue weighted by Gasteiger charge is 2.01. The SMILES string of the molecule is CC.CCCC(=O)Nc1ccccc1C.COc1ccc(OC)c(C)c1.CSc1ccccc1. The molecule has 3 aromatic carbocycles. The van der Waals surface area contributed by atoms with Crippen LogP contribution in [0.1, 0.15) is 44.7 Å². The number of methoxy groups -OCH3 is 2. The zero-order valence-corrected chi connectivity index (χ0v) is 22.8. The Balaban J connectivity index is 0.000000474. The number of aryl methyl sites for hydroxylation is 2. The van der Waals surface area contributed by atoms with E-state index in [0.29, 0.717) is 6.42 Å². The van der Waals surface area contributed by atoms with E-state index < -0.39 is 0 Å².